The van der Waals surface area contributed by atoms with Crippen molar-refractivity contribution in [2.24, 2.45) is 0 Å². The van der Waals surface area contributed by atoms with Gasteiger partial charge in [-0.25, -0.2) is 0 Å². The maximum absolute atomic E-state index is 12.7. The Labute approximate surface area is 183 Å². The highest BCUT2D eigenvalue weighted by Gasteiger charge is 2.23. The monoisotopic (exact) mass is 419 g/mol. The maximum atomic E-state index is 12.7. The van der Waals surface area contributed by atoms with Crippen LogP contribution in [0.5, 0.6) is 11.5 Å². The number of anilines is 1. The van der Waals surface area contributed by atoms with Crippen LogP contribution in [0.25, 0.3) is 16.5 Å². The van der Waals surface area contributed by atoms with E-state index in [0.717, 1.165) is 52.0 Å². The Morgan fingerprint density at radius 1 is 1.23 bits per heavy atom. The van der Waals surface area contributed by atoms with Crippen molar-refractivity contribution in [2.45, 2.75) is 46.5 Å². The smallest absolute Gasteiger partial charge is 0.248 e. The van der Waals surface area contributed by atoms with Crippen molar-refractivity contribution >= 4 is 28.1 Å². The van der Waals surface area contributed by atoms with E-state index in [2.05, 4.69) is 11.4 Å². The molecule has 3 aromatic rings. The van der Waals surface area contributed by atoms with Gasteiger partial charge in [0.1, 0.15) is 22.8 Å². The molecule has 0 fully saturated rings. The first kappa shape index (κ1) is 21.0. The second kappa shape index (κ2) is 8.88. The molecule has 5 heteroatoms. The normalized spacial score (nSPS) is 13.7. The number of benzene rings is 2. The van der Waals surface area contributed by atoms with E-state index in [1.54, 1.807) is 19.3 Å². The first-order valence-electron chi connectivity index (χ1n) is 10.9. The number of furan rings is 1. The van der Waals surface area contributed by atoms with Crippen molar-refractivity contribution < 1.29 is 18.7 Å². The molecule has 162 valence electrons. The molecule has 5 nitrogen and oxygen atoms in total. The lowest BCUT2D eigenvalue weighted by Gasteiger charge is -2.15. The molecule has 1 aliphatic carbocycles. The summed E-state index contributed by atoms with van der Waals surface area (Å²) in [7, 11) is 1.60. The highest BCUT2D eigenvalue weighted by atomic mass is 16.5. The number of carbonyl (C=O) groups is 1. The van der Waals surface area contributed by atoms with Crippen LogP contribution in [0, 0.1) is 6.92 Å². The molecule has 0 saturated carbocycles. The predicted octanol–water partition coefficient (Wildman–Crippen LogP) is 6.07. The van der Waals surface area contributed by atoms with Crippen molar-refractivity contribution in [1.29, 1.82) is 0 Å². The summed E-state index contributed by atoms with van der Waals surface area (Å²) >= 11 is 0. The lowest BCUT2D eigenvalue weighted by Crippen LogP contribution is -2.09. The molecule has 1 aromatic heterocycles. The number of rotatable bonds is 6. The van der Waals surface area contributed by atoms with E-state index in [9.17, 15) is 4.79 Å². The van der Waals surface area contributed by atoms with Gasteiger partial charge >= 0.3 is 0 Å². The number of amides is 1. The number of fused-ring (bicyclic) bond motifs is 3. The highest BCUT2D eigenvalue weighted by molar-refractivity contribution is 6.05. The van der Waals surface area contributed by atoms with E-state index in [1.807, 2.05) is 39.0 Å². The lowest BCUT2D eigenvalue weighted by atomic mass is 9.93. The molecule has 0 saturated heterocycles. The Balaban J connectivity index is 1.72. The predicted molar refractivity (Wildman–Crippen MR) is 124 cm³/mol. The number of ether oxygens (including phenoxy) is 2. The zero-order valence-electron chi connectivity index (χ0n) is 18.6. The third kappa shape index (κ3) is 4.18. The van der Waals surface area contributed by atoms with Gasteiger partial charge in [-0.3, -0.25) is 4.79 Å². The summed E-state index contributed by atoms with van der Waals surface area (Å²) in [5.74, 6) is 2.38. The minimum absolute atomic E-state index is 0.194. The van der Waals surface area contributed by atoms with E-state index >= 15 is 0 Å². The fraction of sp³-hybridized carbons (Fsp3) is 0.346. The number of hydrogen-bond acceptors (Lipinski definition) is 4. The van der Waals surface area contributed by atoms with Gasteiger partial charge in [-0.05, 0) is 63.8 Å². The summed E-state index contributed by atoms with van der Waals surface area (Å²) in [6, 6.07) is 9.45. The van der Waals surface area contributed by atoms with Gasteiger partial charge in [0.05, 0.1) is 13.7 Å². The molecule has 2 aromatic carbocycles. The van der Waals surface area contributed by atoms with Crippen molar-refractivity contribution in [3.8, 4) is 11.5 Å². The number of nitrogens with one attached hydrogen (secondary N) is 1. The van der Waals surface area contributed by atoms with E-state index in [4.69, 9.17) is 13.9 Å². The minimum atomic E-state index is -0.194. The molecule has 31 heavy (non-hydrogen) atoms. The first-order chi connectivity index (χ1) is 15.0. The molecule has 0 spiro atoms. The fourth-order valence-corrected chi connectivity index (χ4v) is 4.31. The Hall–Kier alpha value is -3.21. The molecule has 0 radical (unpaired) electrons. The molecule has 0 bridgehead atoms. The van der Waals surface area contributed by atoms with E-state index in [0.29, 0.717) is 18.0 Å². The van der Waals surface area contributed by atoms with E-state index in [-0.39, 0.29) is 5.91 Å². The molecule has 0 aliphatic heterocycles. The Kier molecular flexibility index (Phi) is 6.03. The third-order valence-electron chi connectivity index (χ3n) is 5.83. The second-order valence-electron chi connectivity index (χ2n) is 7.95. The van der Waals surface area contributed by atoms with Gasteiger partial charge in [0.15, 0.2) is 0 Å². The van der Waals surface area contributed by atoms with Gasteiger partial charge in [0.2, 0.25) is 5.91 Å². The van der Waals surface area contributed by atoms with Gasteiger partial charge in [-0.1, -0.05) is 6.07 Å². The lowest BCUT2D eigenvalue weighted by molar-refractivity contribution is -0.111. The van der Waals surface area contributed by atoms with Crippen molar-refractivity contribution in [2.75, 3.05) is 19.0 Å². The Morgan fingerprint density at radius 2 is 2.03 bits per heavy atom. The highest BCUT2D eigenvalue weighted by Crippen LogP contribution is 2.41. The van der Waals surface area contributed by atoms with Gasteiger partial charge in [-0.2, -0.15) is 0 Å². The van der Waals surface area contributed by atoms with Gasteiger partial charge in [-0.15, -0.1) is 0 Å². The quantitative estimate of drug-likeness (QED) is 0.493. The first-order valence-corrected chi connectivity index (χ1v) is 10.9. The van der Waals surface area contributed by atoms with Crippen LogP contribution < -0.4 is 14.8 Å². The third-order valence-corrected chi connectivity index (χ3v) is 5.83. The van der Waals surface area contributed by atoms with Crippen LogP contribution in [-0.4, -0.2) is 19.6 Å². The summed E-state index contributed by atoms with van der Waals surface area (Å²) < 4.78 is 17.5. The van der Waals surface area contributed by atoms with Crippen LogP contribution >= 0.6 is 0 Å². The molecule has 0 atom stereocenters. The Bertz CT molecular complexity index is 1160. The van der Waals surface area contributed by atoms with Crippen LogP contribution in [0.2, 0.25) is 0 Å². The van der Waals surface area contributed by atoms with Gasteiger partial charge in [0.25, 0.3) is 0 Å². The van der Waals surface area contributed by atoms with Crippen molar-refractivity contribution in [1.82, 2.24) is 0 Å². The Morgan fingerprint density at radius 3 is 2.81 bits per heavy atom. The maximum Gasteiger partial charge on any atom is 0.248 e. The van der Waals surface area contributed by atoms with E-state index < -0.39 is 0 Å². The molecular weight excluding hydrogens is 390 g/mol. The fourth-order valence-electron chi connectivity index (χ4n) is 4.31. The van der Waals surface area contributed by atoms with Crippen LogP contribution in [0.1, 0.15) is 49.1 Å². The van der Waals surface area contributed by atoms with Gasteiger partial charge in [0, 0.05) is 46.3 Å². The number of hydrogen-bond donors (Lipinski definition) is 1. The summed E-state index contributed by atoms with van der Waals surface area (Å²) in [5.41, 5.74) is 5.68. The SMILES string of the molecule is CCOc1c(/C(C)=C/C(=O)Nc2cccc(OC)c2)cc2c3c(oc2c1C)CCCC3. The van der Waals surface area contributed by atoms with Crippen molar-refractivity contribution in [3.63, 3.8) is 0 Å². The molecule has 1 heterocycles. The number of methoxy groups -OCH3 is 1. The molecule has 1 N–H and O–H groups in total. The molecule has 1 amide bonds. The zero-order valence-corrected chi connectivity index (χ0v) is 18.6. The van der Waals surface area contributed by atoms with Gasteiger partial charge < -0.3 is 19.2 Å². The molecule has 1 aliphatic rings. The number of aryl methyl sites for hydroxylation is 3. The van der Waals surface area contributed by atoms with Crippen LogP contribution in [0.4, 0.5) is 5.69 Å². The van der Waals surface area contributed by atoms with Crippen molar-refractivity contribution in [3.05, 3.63) is 58.9 Å². The zero-order chi connectivity index (χ0) is 22.0. The number of allylic oxidation sites excluding steroid dienone is 1. The van der Waals surface area contributed by atoms with Crippen LogP contribution in [0.15, 0.2) is 40.8 Å². The summed E-state index contributed by atoms with van der Waals surface area (Å²) in [6.45, 7) is 6.49. The summed E-state index contributed by atoms with van der Waals surface area (Å²) in [4.78, 5) is 12.7. The van der Waals surface area contributed by atoms with E-state index in [1.165, 1.54) is 18.4 Å². The molecular formula is C26H29NO4. The molecule has 0 unspecified atom stereocenters. The summed E-state index contributed by atoms with van der Waals surface area (Å²) in [6.07, 6.45) is 5.99. The average molecular weight is 420 g/mol. The molecule has 4 rings (SSSR count). The van der Waals surface area contributed by atoms with Crippen LogP contribution in [0.3, 0.4) is 0 Å². The topological polar surface area (TPSA) is 60.7 Å². The average Bonchev–Trinajstić information content (AvgIpc) is 3.14. The largest absolute Gasteiger partial charge is 0.497 e. The minimum Gasteiger partial charge on any atom is -0.497 e. The number of carbonyl (C=O) groups excluding carboxylic acids is 1. The standard InChI is InChI=1S/C26H29NO4/c1-5-30-25-17(3)26-22(20-11-6-7-12-23(20)31-26)15-21(25)16(2)13-24(28)27-18-9-8-10-19(14-18)29-4/h8-10,13-15H,5-7,11-12H2,1-4H3,(H,27,28)/b16-13+. The second-order valence-corrected chi connectivity index (χ2v) is 7.95. The van der Waals surface area contributed by atoms with Crippen LogP contribution in [-0.2, 0) is 17.6 Å². The summed E-state index contributed by atoms with van der Waals surface area (Å²) in [5, 5.41) is 4.06.